The van der Waals surface area contributed by atoms with Crippen molar-refractivity contribution in [2.24, 2.45) is 5.92 Å². The number of aromatic nitrogens is 4. The topological polar surface area (TPSA) is 61.8 Å². The minimum absolute atomic E-state index is 0.101. The maximum Gasteiger partial charge on any atom is 0.337 e. The number of nitrogens with zero attached hydrogens (tertiary/aromatic N) is 4. The predicted molar refractivity (Wildman–Crippen MR) is 92.5 cm³/mol. The maximum absolute atomic E-state index is 13.3. The Morgan fingerprint density at radius 3 is 2.60 bits per heavy atom. The number of rotatable bonds is 5. The molecule has 0 radical (unpaired) electrons. The van der Waals surface area contributed by atoms with Gasteiger partial charge in [0, 0.05) is 13.1 Å². The fourth-order valence-electron chi connectivity index (χ4n) is 3.01. The Labute approximate surface area is 142 Å². The quantitative estimate of drug-likeness (QED) is 0.668. The van der Waals surface area contributed by atoms with Crippen molar-refractivity contribution >= 4 is 11.2 Å². The third-order valence-electron chi connectivity index (χ3n) is 4.45. The first-order chi connectivity index (χ1) is 12.1. The third kappa shape index (κ3) is 2.61. The Hall–Kier alpha value is -2.96. The Morgan fingerprint density at radius 1 is 1.24 bits per heavy atom. The van der Waals surface area contributed by atoms with Gasteiger partial charge in [0.05, 0.1) is 12.0 Å². The molecule has 0 unspecified atom stereocenters. The molecule has 0 N–H and O–H groups in total. The van der Waals surface area contributed by atoms with E-state index < -0.39 is 11.5 Å². The van der Waals surface area contributed by atoms with Crippen molar-refractivity contribution in [3.63, 3.8) is 0 Å². The molecular formula is C18H17FN4O2. The molecule has 0 atom stereocenters. The molecule has 0 aliphatic heterocycles. The van der Waals surface area contributed by atoms with E-state index in [1.807, 2.05) is 4.57 Å². The van der Waals surface area contributed by atoms with Crippen molar-refractivity contribution in [3.05, 3.63) is 69.9 Å². The molecule has 4 rings (SSSR count). The molecule has 128 valence electrons. The van der Waals surface area contributed by atoms with E-state index in [0.29, 0.717) is 29.3 Å². The molecule has 0 saturated heterocycles. The van der Waals surface area contributed by atoms with E-state index in [2.05, 4.69) is 11.6 Å². The van der Waals surface area contributed by atoms with E-state index in [1.54, 1.807) is 6.33 Å². The third-order valence-corrected chi connectivity index (χ3v) is 4.45. The molecule has 1 fully saturated rings. The lowest BCUT2D eigenvalue weighted by Gasteiger charge is -2.11. The van der Waals surface area contributed by atoms with Crippen molar-refractivity contribution in [1.82, 2.24) is 18.7 Å². The SMILES string of the molecule is C=CCn1c(=O)c2c(ncn2CC2CC2)n(-c2ccc(F)cc2)c1=O. The second-order valence-corrected chi connectivity index (χ2v) is 6.31. The van der Waals surface area contributed by atoms with Gasteiger partial charge in [-0.3, -0.25) is 9.36 Å². The lowest BCUT2D eigenvalue weighted by Crippen LogP contribution is -2.39. The average molecular weight is 340 g/mol. The van der Waals surface area contributed by atoms with Crippen molar-refractivity contribution < 1.29 is 4.39 Å². The summed E-state index contributed by atoms with van der Waals surface area (Å²) < 4.78 is 17.6. The summed E-state index contributed by atoms with van der Waals surface area (Å²) >= 11 is 0. The Bertz CT molecular complexity index is 1070. The fraction of sp³-hybridized carbons (Fsp3) is 0.278. The Balaban J connectivity index is 2.04. The maximum atomic E-state index is 13.3. The summed E-state index contributed by atoms with van der Waals surface area (Å²) in [6.45, 7) is 4.43. The number of hydrogen-bond donors (Lipinski definition) is 0. The van der Waals surface area contributed by atoms with Crippen LogP contribution < -0.4 is 11.2 Å². The van der Waals surface area contributed by atoms with Gasteiger partial charge in [0.15, 0.2) is 11.2 Å². The molecule has 0 amide bonds. The van der Waals surface area contributed by atoms with Gasteiger partial charge in [0.1, 0.15) is 5.82 Å². The highest BCUT2D eigenvalue weighted by Gasteiger charge is 2.25. The van der Waals surface area contributed by atoms with Gasteiger partial charge in [-0.25, -0.2) is 18.7 Å². The zero-order chi connectivity index (χ0) is 17.6. The standard InChI is InChI=1S/C18H17FN4O2/c1-2-9-22-17(24)15-16(20-11-21(15)10-12-3-4-12)23(18(22)25)14-7-5-13(19)6-8-14/h2,5-8,11-12H,1,3-4,9-10H2. The van der Waals surface area contributed by atoms with E-state index >= 15 is 0 Å². The molecule has 2 heterocycles. The second-order valence-electron chi connectivity index (χ2n) is 6.31. The Morgan fingerprint density at radius 2 is 1.96 bits per heavy atom. The van der Waals surface area contributed by atoms with Crippen molar-refractivity contribution in [1.29, 1.82) is 0 Å². The number of fused-ring (bicyclic) bond motifs is 1. The van der Waals surface area contributed by atoms with E-state index in [-0.39, 0.29) is 12.1 Å². The number of imidazole rings is 1. The lowest BCUT2D eigenvalue weighted by atomic mass is 10.3. The van der Waals surface area contributed by atoms with E-state index in [1.165, 1.54) is 34.9 Å². The molecule has 6 nitrogen and oxygen atoms in total. The van der Waals surface area contributed by atoms with Crippen LogP contribution in [0, 0.1) is 11.7 Å². The summed E-state index contributed by atoms with van der Waals surface area (Å²) in [6, 6.07) is 5.55. The van der Waals surface area contributed by atoms with Crippen LogP contribution in [0.2, 0.25) is 0 Å². The van der Waals surface area contributed by atoms with Gasteiger partial charge < -0.3 is 4.57 Å². The second kappa shape index (κ2) is 5.84. The lowest BCUT2D eigenvalue weighted by molar-refractivity contribution is 0.625. The molecule has 3 aromatic rings. The smallest absolute Gasteiger partial charge is 0.324 e. The van der Waals surface area contributed by atoms with Gasteiger partial charge in [0.25, 0.3) is 5.56 Å². The van der Waals surface area contributed by atoms with Gasteiger partial charge in [-0.15, -0.1) is 6.58 Å². The van der Waals surface area contributed by atoms with Crippen LogP contribution in [0.1, 0.15) is 12.8 Å². The first kappa shape index (κ1) is 15.6. The van der Waals surface area contributed by atoms with Crippen LogP contribution in [0.25, 0.3) is 16.9 Å². The summed E-state index contributed by atoms with van der Waals surface area (Å²) in [6.07, 6.45) is 5.38. The van der Waals surface area contributed by atoms with Crippen LogP contribution in [0.4, 0.5) is 4.39 Å². The van der Waals surface area contributed by atoms with Crippen molar-refractivity contribution in [3.8, 4) is 5.69 Å². The largest absolute Gasteiger partial charge is 0.337 e. The van der Waals surface area contributed by atoms with Crippen LogP contribution in [-0.4, -0.2) is 18.7 Å². The normalized spacial score (nSPS) is 14.1. The number of hydrogen-bond acceptors (Lipinski definition) is 3. The molecule has 1 saturated carbocycles. The van der Waals surface area contributed by atoms with Crippen LogP contribution in [-0.2, 0) is 13.1 Å². The zero-order valence-electron chi connectivity index (χ0n) is 13.6. The predicted octanol–water partition coefficient (Wildman–Crippen LogP) is 2.08. The summed E-state index contributed by atoms with van der Waals surface area (Å²) in [5, 5.41) is 0. The summed E-state index contributed by atoms with van der Waals surface area (Å²) in [5.41, 5.74) is 0.253. The van der Waals surface area contributed by atoms with Crippen molar-refractivity contribution in [2.45, 2.75) is 25.9 Å². The molecule has 1 aliphatic rings. The molecule has 1 aromatic carbocycles. The van der Waals surface area contributed by atoms with Crippen molar-refractivity contribution in [2.75, 3.05) is 0 Å². The van der Waals surface area contributed by atoms with Gasteiger partial charge in [0.2, 0.25) is 0 Å². The first-order valence-electron chi connectivity index (χ1n) is 8.17. The molecule has 0 bridgehead atoms. The highest BCUT2D eigenvalue weighted by molar-refractivity contribution is 5.72. The average Bonchev–Trinajstić information content (AvgIpc) is 3.32. The minimum atomic E-state index is -0.513. The van der Waals surface area contributed by atoms with E-state index in [0.717, 1.165) is 17.4 Å². The molecular weight excluding hydrogens is 323 g/mol. The van der Waals surface area contributed by atoms with Crippen LogP contribution in [0.5, 0.6) is 0 Å². The molecule has 7 heteroatoms. The van der Waals surface area contributed by atoms with E-state index in [4.69, 9.17) is 0 Å². The summed E-state index contributed by atoms with van der Waals surface area (Å²) in [4.78, 5) is 30.0. The zero-order valence-corrected chi connectivity index (χ0v) is 13.6. The number of allylic oxidation sites excluding steroid dienone is 1. The monoisotopic (exact) mass is 340 g/mol. The van der Waals surface area contributed by atoms with Crippen LogP contribution in [0.15, 0.2) is 52.8 Å². The highest BCUT2D eigenvalue weighted by atomic mass is 19.1. The van der Waals surface area contributed by atoms with E-state index in [9.17, 15) is 14.0 Å². The molecule has 25 heavy (non-hydrogen) atoms. The number of halogens is 1. The van der Waals surface area contributed by atoms with Crippen LogP contribution in [0.3, 0.4) is 0 Å². The molecule has 1 aliphatic carbocycles. The first-order valence-corrected chi connectivity index (χ1v) is 8.17. The van der Waals surface area contributed by atoms with Gasteiger partial charge >= 0.3 is 5.69 Å². The fourth-order valence-corrected chi connectivity index (χ4v) is 3.01. The number of benzene rings is 1. The highest BCUT2D eigenvalue weighted by Crippen LogP contribution is 2.31. The molecule has 2 aromatic heterocycles. The van der Waals surface area contributed by atoms with Gasteiger partial charge in [-0.05, 0) is 43.0 Å². The summed E-state index contributed by atoms with van der Waals surface area (Å²) in [7, 11) is 0. The van der Waals surface area contributed by atoms with Crippen LogP contribution >= 0.6 is 0 Å². The Kier molecular flexibility index (Phi) is 3.63. The summed E-state index contributed by atoms with van der Waals surface area (Å²) in [5.74, 6) is 0.155. The molecule has 0 spiro atoms. The van der Waals surface area contributed by atoms with Gasteiger partial charge in [-0.1, -0.05) is 6.08 Å². The van der Waals surface area contributed by atoms with Gasteiger partial charge in [-0.2, -0.15) is 0 Å². The minimum Gasteiger partial charge on any atom is -0.324 e.